The van der Waals surface area contributed by atoms with Crippen LogP contribution in [0.3, 0.4) is 0 Å². The van der Waals surface area contributed by atoms with Gasteiger partial charge in [0.25, 0.3) is 0 Å². The van der Waals surface area contributed by atoms with Crippen LogP contribution in [-0.4, -0.2) is 0 Å². The SMILES string of the molecule is C1=CC2CCC1C2.C=C.C=Cc1ccccc1. The van der Waals surface area contributed by atoms with Gasteiger partial charge in [-0.1, -0.05) is 55.1 Å². The highest BCUT2D eigenvalue weighted by atomic mass is 14.3. The van der Waals surface area contributed by atoms with Crippen LogP contribution in [0.1, 0.15) is 24.8 Å². The number of allylic oxidation sites excluding steroid dienone is 2. The van der Waals surface area contributed by atoms with E-state index >= 15 is 0 Å². The third-order valence-electron chi connectivity index (χ3n) is 3.20. The Balaban J connectivity index is 0.000000149. The maximum Gasteiger partial charge on any atom is -0.0228 e. The maximum absolute atomic E-state index is 3.63. The molecule has 1 aromatic carbocycles. The molecule has 0 saturated heterocycles. The molecule has 1 saturated carbocycles. The first-order valence-corrected chi connectivity index (χ1v) is 6.24. The summed E-state index contributed by atoms with van der Waals surface area (Å²) in [5.41, 5.74) is 1.17. The van der Waals surface area contributed by atoms with Gasteiger partial charge in [-0.3, -0.25) is 0 Å². The second-order valence-electron chi connectivity index (χ2n) is 4.33. The molecule has 90 valence electrons. The summed E-state index contributed by atoms with van der Waals surface area (Å²) in [7, 11) is 0. The number of rotatable bonds is 1. The largest absolute Gasteiger partial charge is 0.106 e. The lowest BCUT2D eigenvalue weighted by atomic mass is 10.1. The molecule has 2 atom stereocenters. The summed E-state index contributed by atoms with van der Waals surface area (Å²) >= 11 is 0. The van der Waals surface area contributed by atoms with Crippen LogP contribution < -0.4 is 0 Å². The second kappa shape index (κ2) is 7.67. The Morgan fingerprint density at radius 1 is 0.941 bits per heavy atom. The minimum absolute atomic E-state index is 0.991. The Kier molecular flexibility index (Phi) is 6.09. The van der Waals surface area contributed by atoms with E-state index in [1.165, 1.54) is 24.8 Å². The van der Waals surface area contributed by atoms with E-state index in [0.29, 0.717) is 0 Å². The zero-order chi connectivity index (χ0) is 12.5. The van der Waals surface area contributed by atoms with E-state index in [4.69, 9.17) is 0 Å². The summed E-state index contributed by atoms with van der Waals surface area (Å²) in [5.74, 6) is 1.98. The van der Waals surface area contributed by atoms with Gasteiger partial charge in [0.15, 0.2) is 0 Å². The highest BCUT2D eigenvalue weighted by molar-refractivity contribution is 5.45. The predicted octanol–water partition coefficient (Wildman–Crippen LogP) is 5.10. The quantitative estimate of drug-likeness (QED) is 0.584. The fourth-order valence-corrected chi connectivity index (χ4v) is 2.31. The van der Waals surface area contributed by atoms with Crippen molar-refractivity contribution in [1.82, 2.24) is 0 Å². The van der Waals surface area contributed by atoms with E-state index in [1.807, 2.05) is 36.4 Å². The Labute approximate surface area is 105 Å². The number of benzene rings is 1. The van der Waals surface area contributed by atoms with Crippen molar-refractivity contribution in [3.05, 3.63) is 67.8 Å². The first kappa shape index (κ1) is 13.5. The van der Waals surface area contributed by atoms with E-state index in [0.717, 1.165) is 11.8 Å². The molecule has 0 heteroatoms. The van der Waals surface area contributed by atoms with Crippen LogP contribution >= 0.6 is 0 Å². The molecular weight excluding hydrogens is 204 g/mol. The van der Waals surface area contributed by atoms with Gasteiger partial charge in [0, 0.05) is 0 Å². The van der Waals surface area contributed by atoms with Crippen LogP contribution in [0, 0.1) is 11.8 Å². The fraction of sp³-hybridized carbons (Fsp3) is 0.294. The van der Waals surface area contributed by atoms with Crippen molar-refractivity contribution < 1.29 is 0 Å². The topological polar surface area (TPSA) is 0 Å². The lowest BCUT2D eigenvalue weighted by molar-refractivity contribution is 0.691. The second-order valence-corrected chi connectivity index (χ2v) is 4.33. The van der Waals surface area contributed by atoms with Gasteiger partial charge in [-0.2, -0.15) is 0 Å². The lowest BCUT2D eigenvalue weighted by Crippen LogP contribution is -1.82. The van der Waals surface area contributed by atoms with Crippen molar-refractivity contribution in [3.63, 3.8) is 0 Å². The number of fused-ring (bicyclic) bond motifs is 2. The lowest BCUT2D eigenvalue weighted by Gasteiger charge is -1.96. The average molecular weight is 226 g/mol. The van der Waals surface area contributed by atoms with Crippen LogP contribution in [-0.2, 0) is 0 Å². The molecule has 0 aromatic heterocycles. The molecule has 0 nitrogen and oxygen atoms in total. The Hall–Kier alpha value is -1.56. The third kappa shape index (κ3) is 4.44. The van der Waals surface area contributed by atoms with Crippen molar-refractivity contribution >= 4 is 6.08 Å². The fourth-order valence-electron chi connectivity index (χ4n) is 2.31. The molecule has 0 radical (unpaired) electrons. The number of hydrogen-bond donors (Lipinski definition) is 0. The maximum atomic E-state index is 3.63. The van der Waals surface area contributed by atoms with E-state index < -0.39 is 0 Å². The normalized spacial score (nSPS) is 23.1. The summed E-state index contributed by atoms with van der Waals surface area (Å²) in [6.45, 7) is 9.63. The smallest absolute Gasteiger partial charge is 0.0228 e. The van der Waals surface area contributed by atoms with Gasteiger partial charge < -0.3 is 0 Å². The minimum Gasteiger partial charge on any atom is -0.106 e. The highest BCUT2D eigenvalue weighted by Crippen LogP contribution is 2.38. The van der Waals surface area contributed by atoms with E-state index in [2.05, 4.69) is 31.9 Å². The highest BCUT2D eigenvalue weighted by Gasteiger charge is 2.25. The molecule has 17 heavy (non-hydrogen) atoms. The molecule has 0 spiro atoms. The molecule has 0 N–H and O–H groups in total. The van der Waals surface area contributed by atoms with Gasteiger partial charge in [0.05, 0.1) is 0 Å². The van der Waals surface area contributed by atoms with Crippen molar-refractivity contribution in [3.8, 4) is 0 Å². The van der Waals surface area contributed by atoms with E-state index in [-0.39, 0.29) is 0 Å². The molecule has 0 aliphatic heterocycles. The van der Waals surface area contributed by atoms with Crippen LogP contribution in [0.15, 0.2) is 62.2 Å². The van der Waals surface area contributed by atoms with Gasteiger partial charge in [-0.05, 0) is 36.7 Å². The molecule has 2 unspecified atom stereocenters. The summed E-state index contributed by atoms with van der Waals surface area (Å²) in [6.07, 6.45) is 11.0. The van der Waals surface area contributed by atoms with Crippen LogP contribution in [0.25, 0.3) is 6.08 Å². The van der Waals surface area contributed by atoms with Gasteiger partial charge in [0.1, 0.15) is 0 Å². The van der Waals surface area contributed by atoms with Crippen molar-refractivity contribution in [2.75, 3.05) is 0 Å². The van der Waals surface area contributed by atoms with E-state index in [1.54, 1.807) is 0 Å². The van der Waals surface area contributed by atoms with Gasteiger partial charge in [0.2, 0.25) is 0 Å². The third-order valence-corrected chi connectivity index (χ3v) is 3.20. The average Bonchev–Trinajstić information content (AvgIpc) is 3.08. The van der Waals surface area contributed by atoms with Crippen LogP contribution in [0.5, 0.6) is 0 Å². The van der Waals surface area contributed by atoms with Crippen LogP contribution in [0.4, 0.5) is 0 Å². The van der Waals surface area contributed by atoms with E-state index in [9.17, 15) is 0 Å². The standard InChI is InChI=1S/C8H8.C7H10.C2H4/c1-2-8-6-4-3-5-7-8;1-2-7-4-3-6(1)5-7;1-2/h2-7H,1H2;1-2,6-7H,3-5H2;1-2H2. The van der Waals surface area contributed by atoms with Gasteiger partial charge in [-0.25, -0.2) is 0 Å². The molecule has 3 rings (SSSR count). The van der Waals surface area contributed by atoms with Gasteiger partial charge in [-0.15, -0.1) is 13.2 Å². The molecular formula is C17H22. The molecule has 0 amide bonds. The Morgan fingerprint density at radius 2 is 1.47 bits per heavy atom. The molecule has 0 heterocycles. The summed E-state index contributed by atoms with van der Waals surface area (Å²) < 4.78 is 0. The van der Waals surface area contributed by atoms with Crippen molar-refractivity contribution in [2.24, 2.45) is 11.8 Å². The van der Waals surface area contributed by atoms with Crippen molar-refractivity contribution in [1.29, 1.82) is 0 Å². The monoisotopic (exact) mass is 226 g/mol. The Bertz CT molecular complexity index is 336. The molecule has 1 fully saturated rings. The molecule has 1 aromatic rings. The molecule has 2 aliphatic carbocycles. The van der Waals surface area contributed by atoms with Gasteiger partial charge >= 0.3 is 0 Å². The summed E-state index contributed by atoms with van der Waals surface area (Å²) in [5, 5.41) is 0. The zero-order valence-corrected chi connectivity index (χ0v) is 10.5. The predicted molar refractivity (Wildman–Crippen MR) is 77.8 cm³/mol. The minimum atomic E-state index is 0.991. The molecule has 2 bridgehead atoms. The molecule has 2 aliphatic rings. The summed E-state index contributed by atoms with van der Waals surface area (Å²) in [4.78, 5) is 0. The zero-order valence-electron chi connectivity index (χ0n) is 10.5. The summed E-state index contributed by atoms with van der Waals surface area (Å²) in [6, 6.07) is 10.0. The van der Waals surface area contributed by atoms with Crippen LogP contribution in [0.2, 0.25) is 0 Å². The van der Waals surface area contributed by atoms with Crippen molar-refractivity contribution in [2.45, 2.75) is 19.3 Å². The first-order chi connectivity index (χ1) is 8.38. The Morgan fingerprint density at radius 3 is 1.71 bits per heavy atom. The first-order valence-electron chi connectivity index (χ1n) is 6.24. The number of hydrogen-bond acceptors (Lipinski definition) is 0.